The van der Waals surface area contributed by atoms with Crippen molar-refractivity contribution < 1.29 is 9.18 Å². The highest BCUT2D eigenvalue weighted by atomic mass is 19.1. The van der Waals surface area contributed by atoms with E-state index >= 15 is 0 Å². The van der Waals surface area contributed by atoms with Gasteiger partial charge < -0.3 is 9.47 Å². The molecule has 6 rings (SSSR count). The summed E-state index contributed by atoms with van der Waals surface area (Å²) < 4.78 is 17.4. The fourth-order valence-electron chi connectivity index (χ4n) is 5.67. The molecular formula is C28H30FN7O. The minimum atomic E-state index is -0.260. The van der Waals surface area contributed by atoms with Crippen LogP contribution in [0.3, 0.4) is 0 Å². The number of likely N-dealkylation sites (tertiary alicyclic amines) is 1. The highest BCUT2D eigenvalue weighted by Crippen LogP contribution is 2.31. The number of carbonyl (C=O) groups excluding carboxylic acids is 1. The number of imidazole rings is 1. The van der Waals surface area contributed by atoms with E-state index in [-0.39, 0.29) is 17.8 Å². The third-order valence-electron chi connectivity index (χ3n) is 7.78. The summed E-state index contributed by atoms with van der Waals surface area (Å²) in [6, 6.07) is 14.9. The second-order valence-electron chi connectivity index (χ2n) is 9.85. The van der Waals surface area contributed by atoms with E-state index in [4.69, 9.17) is 0 Å². The third-order valence-corrected chi connectivity index (χ3v) is 7.78. The molecule has 2 aromatic carbocycles. The smallest absolute Gasteiger partial charge is 0.272 e. The highest BCUT2D eigenvalue weighted by Gasteiger charge is 2.31. The Morgan fingerprint density at radius 2 is 1.81 bits per heavy atom. The number of amides is 1. The first-order valence-corrected chi connectivity index (χ1v) is 12.8. The van der Waals surface area contributed by atoms with Crippen LogP contribution in [0.25, 0.3) is 11.1 Å². The summed E-state index contributed by atoms with van der Waals surface area (Å²) in [5, 5.41) is 4.27. The number of benzene rings is 2. The maximum absolute atomic E-state index is 13.6. The van der Waals surface area contributed by atoms with Gasteiger partial charge in [0.1, 0.15) is 23.7 Å². The normalized spacial score (nSPS) is 17.5. The zero-order valence-corrected chi connectivity index (χ0v) is 20.9. The molecule has 2 aliphatic heterocycles. The first kappa shape index (κ1) is 23.5. The van der Waals surface area contributed by atoms with Crippen LogP contribution in [0.5, 0.6) is 0 Å². The van der Waals surface area contributed by atoms with Crippen LogP contribution < -0.4 is 0 Å². The van der Waals surface area contributed by atoms with Crippen LogP contribution in [0.15, 0.2) is 67.4 Å². The van der Waals surface area contributed by atoms with Gasteiger partial charge in [0.15, 0.2) is 0 Å². The van der Waals surface area contributed by atoms with Gasteiger partial charge in [0.05, 0.1) is 31.7 Å². The van der Waals surface area contributed by atoms with Crippen molar-refractivity contribution in [3.05, 3.63) is 90.3 Å². The molecule has 1 fully saturated rings. The molecule has 0 N–H and O–H groups in total. The zero-order valence-electron chi connectivity index (χ0n) is 20.9. The van der Waals surface area contributed by atoms with Crippen LogP contribution in [0.1, 0.15) is 47.7 Å². The third kappa shape index (κ3) is 4.55. The lowest BCUT2D eigenvalue weighted by Crippen LogP contribution is -2.49. The summed E-state index contributed by atoms with van der Waals surface area (Å²) >= 11 is 0. The van der Waals surface area contributed by atoms with Crippen LogP contribution >= 0.6 is 0 Å². The van der Waals surface area contributed by atoms with Crippen molar-refractivity contribution in [3.8, 4) is 11.1 Å². The number of nitrogens with zero attached hydrogens (tertiary/aromatic N) is 7. The monoisotopic (exact) mass is 499 g/mol. The van der Waals surface area contributed by atoms with Gasteiger partial charge in [-0.25, -0.2) is 19.0 Å². The molecule has 4 aromatic rings. The maximum Gasteiger partial charge on any atom is 0.272 e. The minimum Gasteiger partial charge on any atom is -0.337 e. The quantitative estimate of drug-likeness (QED) is 0.415. The number of aromatic nitrogens is 5. The Balaban J connectivity index is 1.16. The van der Waals surface area contributed by atoms with Gasteiger partial charge in [0.2, 0.25) is 0 Å². The van der Waals surface area contributed by atoms with E-state index in [0.717, 1.165) is 68.1 Å². The van der Waals surface area contributed by atoms with Gasteiger partial charge in [0.25, 0.3) is 5.91 Å². The van der Waals surface area contributed by atoms with Gasteiger partial charge in [0, 0.05) is 25.7 Å². The Kier molecular flexibility index (Phi) is 6.30. The average Bonchev–Trinajstić information content (AvgIpc) is 3.62. The summed E-state index contributed by atoms with van der Waals surface area (Å²) in [4.78, 5) is 26.8. The number of rotatable bonds is 5. The van der Waals surface area contributed by atoms with Gasteiger partial charge in [-0.3, -0.25) is 9.69 Å². The molecule has 37 heavy (non-hydrogen) atoms. The molecule has 0 bridgehead atoms. The van der Waals surface area contributed by atoms with E-state index in [1.807, 2.05) is 32.3 Å². The van der Waals surface area contributed by atoms with Crippen molar-refractivity contribution in [2.45, 2.75) is 44.9 Å². The fourth-order valence-corrected chi connectivity index (χ4v) is 5.67. The summed E-state index contributed by atoms with van der Waals surface area (Å²) in [5.74, 6) is 0.771. The Labute approximate surface area is 215 Å². The van der Waals surface area contributed by atoms with Crippen LogP contribution in [0, 0.1) is 5.82 Å². The second-order valence-corrected chi connectivity index (χ2v) is 9.85. The molecule has 0 aliphatic carbocycles. The highest BCUT2D eigenvalue weighted by molar-refractivity contribution is 5.92. The molecule has 190 valence electrons. The van der Waals surface area contributed by atoms with Crippen molar-refractivity contribution in [2.75, 3.05) is 19.6 Å². The second kappa shape index (κ2) is 9.89. The van der Waals surface area contributed by atoms with E-state index < -0.39 is 0 Å². The van der Waals surface area contributed by atoms with E-state index in [1.54, 1.807) is 31.0 Å². The minimum absolute atomic E-state index is 0.0143. The molecule has 0 spiro atoms. The molecule has 1 amide bonds. The molecule has 0 unspecified atom stereocenters. The van der Waals surface area contributed by atoms with E-state index in [9.17, 15) is 9.18 Å². The maximum atomic E-state index is 13.6. The number of carbonyl (C=O) groups is 1. The molecule has 4 heterocycles. The van der Waals surface area contributed by atoms with Crippen molar-refractivity contribution in [1.29, 1.82) is 0 Å². The number of hydrogen-bond donors (Lipinski definition) is 0. The van der Waals surface area contributed by atoms with Crippen LogP contribution in [0.2, 0.25) is 0 Å². The topological polar surface area (TPSA) is 72.1 Å². The summed E-state index contributed by atoms with van der Waals surface area (Å²) in [7, 11) is 0. The first-order chi connectivity index (χ1) is 18.1. The SMILES string of the molecule is C[C@@H](c1ccccc1-c1ccc(F)cc1)n1cncc1C(=O)N1CCC(N2CCn3ncnc3C2)CC1. The van der Waals surface area contributed by atoms with Gasteiger partial charge >= 0.3 is 0 Å². The number of fused-ring (bicyclic) bond motifs is 1. The fraction of sp³-hybridized carbons (Fsp3) is 0.357. The van der Waals surface area contributed by atoms with E-state index in [1.165, 1.54) is 12.1 Å². The molecule has 2 aliphatic rings. The molecule has 0 saturated carbocycles. The molecule has 9 heteroatoms. The Morgan fingerprint density at radius 3 is 2.62 bits per heavy atom. The molecular weight excluding hydrogens is 469 g/mol. The average molecular weight is 500 g/mol. The van der Waals surface area contributed by atoms with Crippen molar-refractivity contribution in [2.24, 2.45) is 0 Å². The number of halogens is 1. The summed E-state index contributed by atoms with van der Waals surface area (Å²) in [6.45, 7) is 6.16. The van der Waals surface area contributed by atoms with Crippen molar-refractivity contribution >= 4 is 5.91 Å². The standard InChI is InChI=1S/C28H30FN7O/c1-20(24-4-2-3-5-25(24)21-6-8-22(29)9-7-21)35-19-30-16-26(35)28(37)33-12-10-23(11-13-33)34-14-15-36-27(17-34)31-18-32-36/h2-9,16,18-20,23H,10-15,17H2,1H3/t20-/m0/s1. The number of hydrogen-bond acceptors (Lipinski definition) is 5. The Bertz CT molecular complexity index is 1390. The molecule has 2 aromatic heterocycles. The predicted octanol–water partition coefficient (Wildman–Crippen LogP) is 4.01. The molecule has 8 nitrogen and oxygen atoms in total. The zero-order chi connectivity index (χ0) is 25.4. The number of piperidine rings is 1. The summed E-state index contributed by atoms with van der Waals surface area (Å²) in [5.41, 5.74) is 3.60. The molecule has 1 atom stereocenters. The van der Waals surface area contributed by atoms with Crippen molar-refractivity contribution in [3.63, 3.8) is 0 Å². The first-order valence-electron chi connectivity index (χ1n) is 12.8. The Morgan fingerprint density at radius 1 is 1.03 bits per heavy atom. The Hall–Kier alpha value is -3.85. The van der Waals surface area contributed by atoms with E-state index in [2.05, 4.69) is 33.0 Å². The van der Waals surface area contributed by atoms with Crippen molar-refractivity contribution in [1.82, 2.24) is 34.1 Å². The predicted molar refractivity (Wildman–Crippen MR) is 137 cm³/mol. The van der Waals surface area contributed by atoms with Gasteiger partial charge in [-0.15, -0.1) is 0 Å². The lowest BCUT2D eigenvalue weighted by Gasteiger charge is -2.39. The van der Waals surface area contributed by atoms with Crippen LogP contribution in [-0.2, 0) is 13.1 Å². The summed E-state index contributed by atoms with van der Waals surface area (Å²) in [6.07, 6.45) is 6.91. The molecule has 0 radical (unpaired) electrons. The van der Waals surface area contributed by atoms with Gasteiger partial charge in [-0.2, -0.15) is 5.10 Å². The van der Waals surface area contributed by atoms with Crippen LogP contribution in [-0.4, -0.2) is 65.7 Å². The molecule has 1 saturated heterocycles. The van der Waals surface area contributed by atoms with Gasteiger partial charge in [-0.1, -0.05) is 36.4 Å². The lowest BCUT2D eigenvalue weighted by molar-refractivity contribution is 0.0555. The van der Waals surface area contributed by atoms with Crippen LogP contribution in [0.4, 0.5) is 4.39 Å². The van der Waals surface area contributed by atoms with E-state index in [0.29, 0.717) is 11.7 Å². The lowest BCUT2D eigenvalue weighted by atomic mass is 9.95. The van der Waals surface area contributed by atoms with Gasteiger partial charge in [-0.05, 0) is 48.6 Å². The largest absolute Gasteiger partial charge is 0.337 e.